The number of carbonyl (C=O) groups is 2. The summed E-state index contributed by atoms with van der Waals surface area (Å²) in [6, 6.07) is 20.7. The monoisotopic (exact) mass is 479 g/mol. The molecular weight excluding hydrogens is 454 g/mol. The van der Waals surface area contributed by atoms with Crippen molar-refractivity contribution in [3.63, 3.8) is 0 Å². The summed E-state index contributed by atoms with van der Waals surface area (Å²) in [7, 11) is -3.69. The molecule has 4 rings (SSSR count). The minimum Gasteiger partial charge on any atom is -0.483 e. The predicted molar refractivity (Wildman–Crippen MR) is 126 cm³/mol. The summed E-state index contributed by atoms with van der Waals surface area (Å²) in [5.41, 5.74) is 7.85. The van der Waals surface area contributed by atoms with Crippen LogP contribution in [0, 0.1) is 6.92 Å². The van der Waals surface area contributed by atoms with Crippen molar-refractivity contribution >= 4 is 21.8 Å². The Hall–Kier alpha value is -3.69. The average molecular weight is 480 g/mol. The molecule has 0 aliphatic carbocycles. The predicted octanol–water partition coefficient (Wildman–Crippen LogP) is 2.58. The van der Waals surface area contributed by atoms with E-state index in [1.807, 2.05) is 43.3 Å². The quantitative estimate of drug-likeness (QED) is 0.529. The van der Waals surface area contributed by atoms with Crippen molar-refractivity contribution < 1.29 is 22.7 Å². The Balaban J connectivity index is 1.32. The van der Waals surface area contributed by atoms with E-state index in [-0.39, 0.29) is 17.1 Å². The summed E-state index contributed by atoms with van der Waals surface area (Å²) >= 11 is 0. The fourth-order valence-electron chi connectivity index (χ4n) is 3.70. The Morgan fingerprint density at radius 1 is 0.912 bits per heavy atom. The van der Waals surface area contributed by atoms with Gasteiger partial charge in [-0.2, -0.15) is 4.31 Å². The molecule has 3 aromatic rings. The fourth-order valence-corrected chi connectivity index (χ4v) is 5.12. The molecule has 2 N–H and O–H groups in total. The number of para-hydroxylation sites is 1. The summed E-state index contributed by atoms with van der Waals surface area (Å²) in [5, 5.41) is 0. The van der Waals surface area contributed by atoms with E-state index >= 15 is 0 Å². The lowest BCUT2D eigenvalue weighted by atomic mass is 10.0. The lowest BCUT2D eigenvalue weighted by Crippen LogP contribution is -2.43. The van der Waals surface area contributed by atoms with E-state index in [0.717, 1.165) is 16.7 Å². The smallest absolute Gasteiger partial charge is 0.276 e. The van der Waals surface area contributed by atoms with Gasteiger partial charge in [0.15, 0.2) is 6.61 Å². The molecule has 3 aromatic carbocycles. The molecule has 34 heavy (non-hydrogen) atoms. The van der Waals surface area contributed by atoms with Crippen LogP contribution in [0.3, 0.4) is 0 Å². The number of hydrogen-bond acceptors (Lipinski definition) is 5. The molecule has 0 bridgehead atoms. The molecule has 176 valence electrons. The third-order valence-electron chi connectivity index (χ3n) is 5.62. The number of aryl methyl sites for hydroxylation is 1. The molecule has 1 aliphatic rings. The minimum atomic E-state index is -3.69. The number of ether oxygens (including phenoxy) is 1. The number of benzene rings is 3. The van der Waals surface area contributed by atoms with Crippen molar-refractivity contribution in [1.82, 2.24) is 15.2 Å². The molecule has 2 amide bonds. The second-order valence-electron chi connectivity index (χ2n) is 7.94. The highest BCUT2D eigenvalue weighted by atomic mass is 32.2. The van der Waals surface area contributed by atoms with Gasteiger partial charge in [-0.05, 0) is 60.4 Å². The topological polar surface area (TPSA) is 105 Å². The molecule has 1 heterocycles. The minimum absolute atomic E-state index is 0.110. The van der Waals surface area contributed by atoms with Crippen LogP contribution in [0.25, 0.3) is 0 Å². The molecule has 0 fully saturated rings. The number of hydrazine groups is 1. The molecule has 0 aromatic heterocycles. The van der Waals surface area contributed by atoms with E-state index in [1.54, 1.807) is 12.1 Å². The van der Waals surface area contributed by atoms with Crippen molar-refractivity contribution in [2.75, 3.05) is 13.2 Å². The van der Waals surface area contributed by atoms with Gasteiger partial charge in [0.2, 0.25) is 10.0 Å². The molecule has 0 atom stereocenters. The number of carbonyl (C=O) groups excluding carboxylic acids is 2. The van der Waals surface area contributed by atoms with Crippen LogP contribution in [0.1, 0.15) is 27.0 Å². The number of amides is 2. The molecule has 0 saturated heterocycles. The lowest BCUT2D eigenvalue weighted by Gasteiger charge is -2.28. The van der Waals surface area contributed by atoms with Gasteiger partial charge in [-0.3, -0.25) is 20.4 Å². The standard InChI is InChI=1S/C25H25N3O5S/c1-18-6-2-5-9-23(18)33-17-24(29)26-27-25(30)20-10-12-22(13-11-20)34(31,32)28-15-14-19-7-3-4-8-21(19)16-28/h2-13H,14-17H2,1H3,(H,26,29)(H,27,30). The van der Waals surface area contributed by atoms with E-state index in [2.05, 4.69) is 10.9 Å². The van der Waals surface area contributed by atoms with Crippen LogP contribution in [0.15, 0.2) is 77.7 Å². The Morgan fingerprint density at radius 2 is 1.59 bits per heavy atom. The maximum absolute atomic E-state index is 13.1. The Kier molecular flexibility index (Phi) is 6.95. The number of sulfonamides is 1. The van der Waals surface area contributed by atoms with Crippen LogP contribution in [-0.2, 0) is 27.8 Å². The van der Waals surface area contributed by atoms with Gasteiger partial charge >= 0.3 is 0 Å². The van der Waals surface area contributed by atoms with Gasteiger partial charge < -0.3 is 4.74 Å². The van der Waals surface area contributed by atoms with Crippen molar-refractivity contribution in [3.8, 4) is 5.75 Å². The van der Waals surface area contributed by atoms with E-state index in [4.69, 9.17) is 4.74 Å². The second-order valence-corrected chi connectivity index (χ2v) is 9.88. The van der Waals surface area contributed by atoms with Crippen molar-refractivity contribution in [2.45, 2.75) is 24.8 Å². The molecule has 0 unspecified atom stereocenters. The molecule has 8 nitrogen and oxygen atoms in total. The largest absolute Gasteiger partial charge is 0.483 e. The highest BCUT2D eigenvalue weighted by Crippen LogP contribution is 2.25. The summed E-state index contributed by atoms with van der Waals surface area (Å²) in [6.45, 7) is 2.32. The average Bonchev–Trinajstić information content (AvgIpc) is 2.86. The van der Waals surface area contributed by atoms with Crippen LogP contribution in [0.5, 0.6) is 5.75 Å². The van der Waals surface area contributed by atoms with E-state index in [1.165, 1.54) is 28.6 Å². The lowest BCUT2D eigenvalue weighted by molar-refractivity contribution is -0.123. The third kappa shape index (κ3) is 5.27. The summed E-state index contributed by atoms with van der Waals surface area (Å²) in [5.74, 6) is -0.515. The first kappa shape index (κ1) is 23.5. The molecular formula is C25H25N3O5S. The van der Waals surface area contributed by atoms with Crippen LogP contribution in [0.4, 0.5) is 0 Å². The second kappa shape index (κ2) is 10.1. The zero-order chi connectivity index (χ0) is 24.1. The summed E-state index contributed by atoms with van der Waals surface area (Å²) in [4.78, 5) is 24.4. The highest BCUT2D eigenvalue weighted by Gasteiger charge is 2.28. The first-order chi connectivity index (χ1) is 16.3. The molecule has 0 saturated carbocycles. The Morgan fingerprint density at radius 3 is 2.32 bits per heavy atom. The molecule has 0 spiro atoms. The van der Waals surface area contributed by atoms with Crippen LogP contribution in [0.2, 0.25) is 0 Å². The highest BCUT2D eigenvalue weighted by molar-refractivity contribution is 7.89. The number of fused-ring (bicyclic) bond motifs is 1. The number of hydrogen-bond donors (Lipinski definition) is 2. The molecule has 1 aliphatic heterocycles. The first-order valence-corrected chi connectivity index (χ1v) is 12.2. The maximum Gasteiger partial charge on any atom is 0.276 e. The fraction of sp³-hybridized carbons (Fsp3) is 0.200. The van der Waals surface area contributed by atoms with E-state index in [0.29, 0.717) is 25.3 Å². The number of nitrogens with one attached hydrogen (secondary N) is 2. The first-order valence-electron chi connectivity index (χ1n) is 10.8. The SMILES string of the molecule is Cc1ccccc1OCC(=O)NNC(=O)c1ccc(S(=O)(=O)N2CCc3ccccc3C2)cc1. The van der Waals surface area contributed by atoms with Crippen LogP contribution in [-0.4, -0.2) is 37.7 Å². The molecule has 0 radical (unpaired) electrons. The zero-order valence-corrected chi connectivity index (χ0v) is 19.5. The van der Waals surface area contributed by atoms with Crippen molar-refractivity contribution in [1.29, 1.82) is 0 Å². The van der Waals surface area contributed by atoms with Crippen LogP contribution >= 0.6 is 0 Å². The summed E-state index contributed by atoms with van der Waals surface area (Å²) in [6.07, 6.45) is 0.656. The normalized spacial score (nSPS) is 13.6. The van der Waals surface area contributed by atoms with E-state index < -0.39 is 21.8 Å². The van der Waals surface area contributed by atoms with Gasteiger partial charge in [-0.15, -0.1) is 0 Å². The van der Waals surface area contributed by atoms with Gasteiger partial charge in [-0.1, -0.05) is 42.5 Å². The number of rotatable bonds is 6. The Labute approximate surface area is 198 Å². The number of nitrogens with zero attached hydrogens (tertiary/aromatic N) is 1. The van der Waals surface area contributed by atoms with Gasteiger partial charge in [0.25, 0.3) is 11.8 Å². The Bertz CT molecular complexity index is 1310. The van der Waals surface area contributed by atoms with Crippen LogP contribution < -0.4 is 15.6 Å². The summed E-state index contributed by atoms with van der Waals surface area (Å²) < 4.78 is 33.0. The maximum atomic E-state index is 13.1. The van der Waals surface area contributed by atoms with Gasteiger partial charge in [-0.25, -0.2) is 8.42 Å². The van der Waals surface area contributed by atoms with Gasteiger partial charge in [0, 0.05) is 18.7 Å². The van der Waals surface area contributed by atoms with E-state index in [9.17, 15) is 18.0 Å². The van der Waals surface area contributed by atoms with Crippen molar-refractivity contribution in [3.05, 3.63) is 95.1 Å². The third-order valence-corrected chi connectivity index (χ3v) is 7.48. The zero-order valence-electron chi connectivity index (χ0n) is 18.7. The van der Waals surface area contributed by atoms with Gasteiger partial charge in [0.1, 0.15) is 5.75 Å². The van der Waals surface area contributed by atoms with Crippen molar-refractivity contribution in [2.24, 2.45) is 0 Å². The van der Waals surface area contributed by atoms with Gasteiger partial charge in [0.05, 0.1) is 4.90 Å². The molecule has 9 heteroatoms.